The molecule has 22 heavy (non-hydrogen) atoms. The summed E-state index contributed by atoms with van der Waals surface area (Å²) in [6, 6.07) is 5.34. The van der Waals surface area contributed by atoms with E-state index in [0.29, 0.717) is 11.3 Å². The number of methoxy groups -OCH3 is 1. The third-order valence-corrected chi connectivity index (χ3v) is 4.04. The SMILES string of the molecule is COC(=O)C(C)Oc1ccc2c3c(c(=O)oc2c1)CCCC3. The molecule has 5 heteroatoms. The number of fused-ring (bicyclic) bond motifs is 3. The Bertz CT molecular complexity index is 774. The van der Waals surface area contributed by atoms with E-state index in [0.717, 1.165) is 42.2 Å². The first-order valence-electron chi connectivity index (χ1n) is 7.43. The molecular formula is C17H18O5. The standard InChI is InChI=1S/C17H18O5/c1-10(16(18)20-2)21-11-7-8-13-12-5-3-4-6-14(12)17(19)22-15(13)9-11/h7-10H,3-6H2,1-2H3. The van der Waals surface area contributed by atoms with Crippen molar-refractivity contribution < 1.29 is 18.7 Å². The number of hydrogen-bond donors (Lipinski definition) is 0. The Morgan fingerprint density at radius 3 is 2.68 bits per heavy atom. The van der Waals surface area contributed by atoms with Crippen molar-refractivity contribution in [3.8, 4) is 5.75 Å². The Morgan fingerprint density at radius 2 is 1.95 bits per heavy atom. The molecule has 1 aromatic carbocycles. The fraction of sp³-hybridized carbons (Fsp3) is 0.412. The molecule has 3 rings (SSSR count). The van der Waals surface area contributed by atoms with Crippen LogP contribution in [-0.4, -0.2) is 19.2 Å². The number of rotatable bonds is 3. The second-order valence-corrected chi connectivity index (χ2v) is 5.49. The highest BCUT2D eigenvalue weighted by molar-refractivity contribution is 5.83. The van der Waals surface area contributed by atoms with Gasteiger partial charge in [-0.2, -0.15) is 0 Å². The van der Waals surface area contributed by atoms with E-state index in [1.165, 1.54) is 7.11 Å². The van der Waals surface area contributed by atoms with Crippen LogP contribution >= 0.6 is 0 Å². The topological polar surface area (TPSA) is 65.7 Å². The molecule has 0 saturated heterocycles. The third-order valence-electron chi connectivity index (χ3n) is 4.04. The van der Waals surface area contributed by atoms with E-state index in [2.05, 4.69) is 4.74 Å². The molecule has 5 nitrogen and oxygen atoms in total. The minimum Gasteiger partial charge on any atom is -0.479 e. The Morgan fingerprint density at radius 1 is 1.23 bits per heavy atom. The van der Waals surface area contributed by atoms with Crippen LogP contribution in [0.4, 0.5) is 0 Å². The van der Waals surface area contributed by atoms with Crippen molar-refractivity contribution in [2.75, 3.05) is 7.11 Å². The van der Waals surface area contributed by atoms with Gasteiger partial charge in [0.15, 0.2) is 6.10 Å². The predicted octanol–water partition coefficient (Wildman–Crippen LogP) is 2.61. The van der Waals surface area contributed by atoms with E-state index in [9.17, 15) is 9.59 Å². The van der Waals surface area contributed by atoms with Crippen molar-refractivity contribution in [1.82, 2.24) is 0 Å². The third kappa shape index (κ3) is 2.58. The Kier molecular flexibility index (Phi) is 3.88. The lowest BCUT2D eigenvalue weighted by molar-refractivity contribution is -0.147. The Balaban J connectivity index is 2.00. The summed E-state index contributed by atoms with van der Waals surface area (Å²) >= 11 is 0. The summed E-state index contributed by atoms with van der Waals surface area (Å²) in [4.78, 5) is 23.5. The van der Waals surface area contributed by atoms with Gasteiger partial charge in [0.2, 0.25) is 0 Å². The average Bonchev–Trinajstić information content (AvgIpc) is 2.54. The van der Waals surface area contributed by atoms with Crippen molar-refractivity contribution in [1.29, 1.82) is 0 Å². The lowest BCUT2D eigenvalue weighted by Gasteiger charge is -2.17. The van der Waals surface area contributed by atoms with Gasteiger partial charge < -0.3 is 13.9 Å². The Labute approximate surface area is 127 Å². The molecule has 0 spiro atoms. The van der Waals surface area contributed by atoms with Crippen LogP contribution in [0, 0.1) is 0 Å². The van der Waals surface area contributed by atoms with Gasteiger partial charge in [-0.25, -0.2) is 9.59 Å². The lowest BCUT2D eigenvalue weighted by Crippen LogP contribution is -2.24. The van der Waals surface area contributed by atoms with Crippen molar-refractivity contribution in [3.63, 3.8) is 0 Å². The van der Waals surface area contributed by atoms with Crippen LogP contribution in [0.2, 0.25) is 0 Å². The van der Waals surface area contributed by atoms with E-state index < -0.39 is 12.1 Å². The molecule has 0 saturated carbocycles. The number of hydrogen-bond acceptors (Lipinski definition) is 5. The van der Waals surface area contributed by atoms with Gasteiger partial charge >= 0.3 is 11.6 Å². The van der Waals surface area contributed by atoms with Crippen LogP contribution in [0.1, 0.15) is 30.9 Å². The second-order valence-electron chi connectivity index (χ2n) is 5.49. The summed E-state index contributed by atoms with van der Waals surface area (Å²) in [6.45, 7) is 1.61. The zero-order chi connectivity index (χ0) is 15.7. The number of ether oxygens (including phenoxy) is 2. The molecule has 0 radical (unpaired) electrons. The van der Waals surface area contributed by atoms with E-state index >= 15 is 0 Å². The van der Waals surface area contributed by atoms with E-state index in [1.54, 1.807) is 19.1 Å². The van der Waals surface area contributed by atoms with E-state index in [-0.39, 0.29) is 5.63 Å². The van der Waals surface area contributed by atoms with Crippen molar-refractivity contribution in [3.05, 3.63) is 39.7 Å². The molecule has 0 bridgehead atoms. The normalized spacial score (nSPS) is 15.2. The minimum atomic E-state index is -0.716. The number of carbonyl (C=O) groups excluding carboxylic acids is 1. The summed E-state index contributed by atoms with van der Waals surface area (Å²) < 4.78 is 15.6. The Hall–Kier alpha value is -2.30. The molecule has 1 aliphatic rings. The quantitative estimate of drug-likeness (QED) is 0.644. The highest BCUT2D eigenvalue weighted by Gasteiger charge is 2.19. The van der Waals surface area contributed by atoms with E-state index in [4.69, 9.17) is 9.15 Å². The van der Waals surface area contributed by atoms with Gasteiger partial charge in [-0.1, -0.05) is 0 Å². The summed E-state index contributed by atoms with van der Waals surface area (Å²) in [5.41, 5.74) is 2.13. The van der Waals surface area contributed by atoms with Crippen molar-refractivity contribution in [2.45, 2.75) is 38.7 Å². The first kappa shape index (κ1) is 14.6. The summed E-state index contributed by atoms with van der Waals surface area (Å²) in [6.07, 6.45) is 3.08. The highest BCUT2D eigenvalue weighted by Crippen LogP contribution is 2.29. The van der Waals surface area contributed by atoms with Crippen molar-refractivity contribution >= 4 is 16.9 Å². The number of aryl methyl sites for hydroxylation is 1. The molecule has 0 N–H and O–H groups in total. The minimum absolute atomic E-state index is 0.264. The number of carbonyl (C=O) groups is 1. The first-order valence-corrected chi connectivity index (χ1v) is 7.43. The summed E-state index contributed by atoms with van der Waals surface area (Å²) in [5.74, 6) is 0.0244. The van der Waals surface area contributed by atoms with Crippen LogP contribution in [0.3, 0.4) is 0 Å². The fourth-order valence-electron chi connectivity index (χ4n) is 2.92. The largest absolute Gasteiger partial charge is 0.479 e. The molecule has 0 aliphatic heterocycles. The summed E-state index contributed by atoms with van der Waals surface area (Å²) in [5, 5.41) is 0.951. The maximum atomic E-state index is 12.1. The van der Waals surface area contributed by atoms with Gasteiger partial charge in [0, 0.05) is 17.0 Å². The van der Waals surface area contributed by atoms with Gasteiger partial charge in [-0.3, -0.25) is 0 Å². The van der Waals surface area contributed by atoms with Crippen LogP contribution in [0.25, 0.3) is 11.0 Å². The molecule has 1 heterocycles. The molecule has 2 aromatic rings. The van der Waals surface area contributed by atoms with Gasteiger partial charge in [0.05, 0.1) is 7.11 Å². The highest BCUT2D eigenvalue weighted by atomic mass is 16.6. The molecule has 1 aromatic heterocycles. The molecule has 1 aliphatic carbocycles. The van der Waals surface area contributed by atoms with Crippen LogP contribution in [-0.2, 0) is 22.4 Å². The van der Waals surface area contributed by atoms with Crippen LogP contribution in [0.15, 0.2) is 27.4 Å². The molecular weight excluding hydrogens is 284 g/mol. The van der Waals surface area contributed by atoms with Gasteiger partial charge in [-0.15, -0.1) is 0 Å². The van der Waals surface area contributed by atoms with E-state index in [1.807, 2.05) is 6.07 Å². The predicted molar refractivity (Wildman–Crippen MR) is 81.2 cm³/mol. The number of esters is 1. The fourth-order valence-corrected chi connectivity index (χ4v) is 2.92. The van der Waals surface area contributed by atoms with Gasteiger partial charge in [-0.05, 0) is 50.3 Å². The monoisotopic (exact) mass is 302 g/mol. The van der Waals surface area contributed by atoms with Gasteiger partial charge in [0.1, 0.15) is 11.3 Å². The average molecular weight is 302 g/mol. The maximum Gasteiger partial charge on any atom is 0.346 e. The molecule has 0 fully saturated rings. The maximum absolute atomic E-state index is 12.1. The van der Waals surface area contributed by atoms with Crippen LogP contribution < -0.4 is 10.4 Å². The first-order chi connectivity index (χ1) is 10.6. The van der Waals surface area contributed by atoms with Crippen molar-refractivity contribution in [2.24, 2.45) is 0 Å². The zero-order valence-electron chi connectivity index (χ0n) is 12.7. The second kappa shape index (κ2) is 5.83. The van der Waals surface area contributed by atoms with Gasteiger partial charge in [0.25, 0.3) is 0 Å². The molecule has 1 unspecified atom stereocenters. The summed E-state index contributed by atoms with van der Waals surface area (Å²) in [7, 11) is 1.31. The molecule has 1 atom stereocenters. The lowest BCUT2D eigenvalue weighted by atomic mass is 9.91. The van der Waals surface area contributed by atoms with Crippen LogP contribution in [0.5, 0.6) is 5.75 Å². The number of benzene rings is 1. The zero-order valence-corrected chi connectivity index (χ0v) is 12.7. The molecule has 116 valence electrons. The smallest absolute Gasteiger partial charge is 0.346 e. The molecule has 0 amide bonds.